The Morgan fingerprint density at radius 2 is 1.74 bits per heavy atom. The number of carbonyl (C=O) groups excluding carboxylic acids is 1. The first-order valence-corrected chi connectivity index (χ1v) is 13.9. The number of sulfone groups is 1. The van der Waals surface area contributed by atoms with E-state index in [0.717, 1.165) is 0 Å². The summed E-state index contributed by atoms with van der Waals surface area (Å²) >= 11 is 8.57. The third kappa shape index (κ3) is 5.10. The summed E-state index contributed by atoms with van der Waals surface area (Å²) < 4.78 is 31.5. The highest BCUT2D eigenvalue weighted by Gasteiger charge is 2.24. The van der Waals surface area contributed by atoms with Crippen molar-refractivity contribution in [1.29, 1.82) is 0 Å². The Labute approximate surface area is 214 Å². The van der Waals surface area contributed by atoms with Crippen LogP contribution in [0.25, 0.3) is 10.8 Å². The van der Waals surface area contributed by atoms with Crippen LogP contribution in [0.15, 0.2) is 97.6 Å². The van der Waals surface area contributed by atoms with Gasteiger partial charge in [-0.1, -0.05) is 77.2 Å². The summed E-state index contributed by atoms with van der Waals surface area (Å²) in [5.74, 6) is -0.0735. The summed E-state index contributed by atoms with van der Waals surface area (Å²) in [7, 11) is -3.92. The molecule has 0 aliphatic rings. The molecule has 3 aromatic carbocycles. The van der Waals surface area contributed by atoms with Crippen molar-refractivity contribution in [1.82, 2.24) is 10.2 Å². The minimum Gasteiger partial charge on any atom is -0.439 e. The zero-order valence-corrected chi connectivity index (χ0v) is 21.0. The Balaban J connectivity index is 1.25. The molecule has 5 rings (SSSR count). The third-order valence-electron chi connectivity index (χ3n) is 5.05. The number of hydrogen-bond acceptors (Lipinski definition) is 8. The molecule has 11 heteroatoms. The van der Waals surface area contributed by atoms with Gasteiger partial charge >= 0.3 is 0 Å². The van der Waals surface area contributed by atoms with Gasteiger partial charge in [0.2, 0.25) is 20.1 Å². The minimum absolute atomic E-state index is 0.0141. The lowest BCUT2D eigenvalue weighted by molar-refractivity contribution is 0.0991. The second-order valence-corrected chi connectivity index (χ2v) is 11.8. The van der Waals surface area contributed by atoms with Crippen LogP contribution < -0.4 is 5.32 Å². The lowest BCUT2D eigenvalue weighted by Gasteiger charge is -2.04. The average Bonchev–Trinajstić information content (AvgIpc) is 3.53. The van der Waals surface area contributed by atoms with Crippen LogP contribution in [0.4, 0.5) is 5.13 Å². The molecule has 1 amide bonds. The SMILES string of the molecule is O=C(Nc1nnc(SCc2cccc3ccccc23)s1)c1ccc(S(=O)(=O)c2ccc(Cl)cc2)o1. The maximum absolute atomic E-state index is 12.7. The molecule has 0 saturated heterocycles. The Kier molecular flexibility index (Phi) is 6.61. The normalized spacial score (nSPS) is 11.6. The van der Waals surface area contributed by atoms with Crippen LogP contribution in [0.3, 0.4) is 0 Å². The summed E-state index contributed by atoms with van der Waals surface area (Å²) in [4.78, 5) is 12.6. The van der Waals surface area contributed by atoms with Gasteiger partial charge in [0.25, 0.3) is 5.91 Å². The van der Waals surface area contributed by atoms with Crippen molar-refractivity contribution in [3.63, 3.8) is 0 Å². The number of furan rings is 1. The van der Waals surface area contributed by atoms with Crippen LogP contribution in [-0.4, -0.2) is 24.5 Å². The number of thioether (sulfide) groups is 1. The van der Waals surface area contributed by atoms with Crippen LogP contribution in [0.5, 0.6) is 0 Å². The number of rotatable bonds is 7. The van der Waals surface area contributed by atoms with Crippen LogP contribution in [0.1, 0.15) is 16.1 Å². The molecule has 5 aromatic rings. The first-order chi connectivity index (χ1) is 16.9. The Bertz CT molecular complexity index is 1620. The fourth-order valence-electron chi connectivity index (χ4n) is 3.35. The molecule has 176 valence electrons. The average molecular weight is 542 g/mol. The predicted octanol–water partition coefficient (Wildman–Crippen LogP) is 6.32. The van der Waals surface area contributed by atoms with Gasteiger partial charge in [-0.05, 0) is 52.7 Å². The summed E-state index contributed by atoms with van der Waals surface area (Å²) in [5.41, 5.74) is 1.18. The standard InChI is InChI=1S/C24H16ClN3O4S3/c25-17-8-10-18(11-9-17)35(30,31)21-13-12-20(32-21)22(29)26-23-27-28-24(34-23)33-14-16-6-3-5-15-4-1-2-7-19(15)16/h1-13H,14H2,(H,26,27,29). The number of nitrogens with one attached hydrogen (secondary N) is 1. The van der Waals surface area contributed by atoms with E-state index in [1.807, 2.05) is 18.2 Å². The first kappa shape index (κ1) is 23.6. The topological polar surface area (TPSA) is 102 Å². The van der Waals surface area contributed by atoms with Gasteiger partial charge in [0.1, 0.15) is 0 Å². The quantitative estimate of drug-likeness (QED) is 0.190. The highest BCUT2D eigenvalue weighted by atomic mass is 35.5. The van der Waals surface area contributed by atoms with Crippen LogP contribution >= 0.6 is 34.7 Å². The Hall–Kier alpha value is -3.18. The van der Waals surface area contributed by atoms with E-state index in [4.69, 9.17) is 16.0 Å². The Morgan fingerprint density at radius 1 is 0.971 bits per heavy atom. The van der Waals surface area contributed by atoms with Crippen LogP contribution in [0.2, 0.25) is 5.02 Å². The predicted molar refractivity (Wildman–Crippen MR) is 137 cm³/mol. The number of carbonyl (C=O) groups is 1. The molecule has 2 aromatic heterocycles. The molecule has 35 heavy (non-hydrogen) atoms. The van der Waals surface area contributed by atoms with Crippen molar-refractivity contribution >= 4 is 66.3 Å². The fraction of sp³-hybridized carbons (Fsp3) is 0.0417. The highest BCUT2D eigenvalue weighted by Crippen LogP contribution is 2.31. The van der Waals surface area contributed by atoms with E-state index in [1.54, 1.807) is 0 Å². The molecule has 0 aliphatic heterocycles. The van der Waals surface area contributed by atoms with Crippen molar-refractivity contribution in [2.24, 2.45) is 0 Å². The van der Waals surface area contributed by atoms with E-state index in [-0.39, 0.29) is 20.9 Å². The summed E-state index contributed by atoms with van der Waals surface area (Å²) in [5, 5.41) is 13.5. The largest absolute Gasteiger partial charge is 0.439 e. The second kappa shape index (κ2) is 9.82. The van der Waals surface area contributed by atoms with Gasteiger partial charge in [0.05, 0.1) is 4.90 Å². The van der Waals surface area contributed by atoms with E-state index in [9.17, 15) is 13.2 Å². The maximum atomic E-state index is 12.7. The number of halogens is 1. The van der Waals surface area contributed by atoms with Crippen molar-refractivity contribution in [2.75, 3.05) is 5.32 Å². The number of benzene rings is 3. The highest BCUT2D eigenvalue weighted by molar-refractivity contribution is 8.00. The zero-order valence-electron chi connectivity index (χ0n) is 17.8. The molecule has 0 bridgehead atoms. The van der Waals surface area contributed by atoms with E-state index in [0.29, 0.717) is 15.1 Å². The molecule has 0 atom stereocenters. The number of nitrogens with zero attached hydrogens (tertiary/aromatic N) is 2. The molecule has 0 fully saturated rings. The molecular weight excluding hydrogens is 526 g/mol. The van der Waals surface area contributed by atoms with Crippen LogP contribution in [0, 0.1) is 0 Å². The maximum Gasteiger partial charge on any atom is 0.293 e. The monoisotopic (exact) mass is 541 g/mol. The van der Waals surface area contributed by atoms with Crippen molar-refractivity contribution in [3.05, 3.63) is 95.2 Å². The molecule has 0 saturated carbocycles. The van der Waals surface area contributed by atoms with Gasteiger partial charge in [0.15, 0.2) is 10.1 Å². The molecule has 0 unspecified atom stereocenters. The van der Waals surface area contributed by atoms with Gasteiger partial charge in [-0.2, -0.15) is 0 Å². The number of fused-ring (bicyclic) bond motifs is 1. The van der Waals surface area contributed by atoms with E-state index in [1.165, 1.54) is 75.8 Å². The summed E-state index contributed by atoms with van der Waals surface area (Å²) in [6.45, 7) is 0. The van der Waals surface area contributed by atoms with Gasteiger partial charge in [-0.25, -0.2) is 8.42 Å². The van der Waals surface area contributed by atoms with Crippen LogP contribution in [-0.2, 0) is 15.6 Å². The van der Waals surface area contributed by atoms with Gasteiger partial charge in [-0.3, -0.25) is 10.1 Å². The molecule has 7 nitrogen and oxygen atoms in total. The molecule has 1 N–H and O–H groups in total. The Morgan fingerprint density at radius 3 is 2.57 bits per heavy atom. The van der Waals surface area contributed by atoms with Crippen molar-refractivity contribution in [2.45, 2.75) is 20.1 Å². The third-order valence-corrected chi connectivity index (χ3v) is 8.97. The number of aromatic nitrogens is 2. The lowest BCUT2D eigenvalue weighted by atomic mass is 10.1. The van der Waals surface area contributed by atoms with E-state index in [2.05, 4.69) is 39.8 Å². The summed E-state index contributed by atoms with van der Waals surface area (Å²) in [6.07, 6.45) is 0. The molecule has 0 radical (unpaired) electrons. The zero-order chi connectivity index (χ0) is 24.4. The van der Waals surface area contributed by atoms with E-state index >= 15 is 0 Å². The number of amides is 1. The van der Waals surface area contributed by atoms with Crippen molar-refractivity contribution in [3.8, 4) is 0 Å². The lowest BCUT2D eigenvalue weighted by Crippen LogP contribution is -2.10. The molecule has 0 spiro atoms. The van der Waals surface area contributed by atoms with Gasteiger partial charge in [-0.15, -0.1) is 10.2 Å². The number of anilines is 1. The van der Waals surface area contributed by atoms with Gasteiger partial charge in [0, 0.05) is 10.8 Å². The minimum atomic E-state index is -3.92. The fourth-order valence-corrected chi connectivity index (χ4v) is 6.40. The smallest absolute Gasteiger partial charge is 0.293 e. The molecule has 0 aliphatic carbocycles. The summed E-state index contributed by atoms with van der Waals surface area (Å²) in [6, 6.07) is 22.6. The number of hydrogen-bond donors (Lipinski definition) is 1. The second-order valence-electron chi connectivity index (χ2n) is 7.33. The first-order valence-electron chi connectivity index (χ1n) is 10.2. The molecular formula is C24H16ClN3O4S3. The van der Waals surface area contributed by atoms with E-state index < -0.39 is 15.7 Å². The van der Waals surface area contributed by atoms with Crippen molar-refractivity contribution < 1.29 is 17.6 Å². The van der Waals surface area contributed by atoms with Gasteiger partial charge < -0.3 is 4.42 Å². The molecule has 2 heterocycles.